The van der Waals surface area contributed by atoms with E-state index in [2.05, 4.69) is 26.6 Å². The first-order valence-corrected chi connectivity index (χ1v) is 11.9. The van der Waals surface area contributed by atoms with E-state index < -0.39 is 11.9 Å². The van der Waals surface area contributed by atoms with Gasteiger partial charge in [-0.2, -0.15) is 0 Å². The number of fused-ring (bicyclic) bond motifs is 3. The number of nitrogens with one attached hydrogen (secondary N) is 2. The van der Waals surface area contributed by atoms with Gasteiger partial charge in [0.1, 0.15) is 11.6 Å². The van der Waals surface area contributed by atoms with Crippen molar-refractivity contribution < 1.29 is 18.4 Å². The standard InChI is InChI=1S/C25H17BrClF2N3O2/c26-12-7-16-21(22(31-23(16)33)15-9-13(28)1-3-18(15)27)19(8-12)30-24(34)32-11-25(5-6-25)17-10-14(29)2-4-20(17)32/h1-4,7-10,22H,5-6,11H2,(H,30,34)(H,31,33). The van der Waals surface area contributed by atoms with Gasteiger partial charge in [-0.05, 0) is 66.9 Å². The molecule has 1 saturated carbocycles. The van der Waals surface area contributed by atoms with Gasteiger partial charge in [-0.1, -0.05) is 27.5 Å². The van der Waals surface area contributed by atoms with Crippen LogP contribution in [0.5, 0.6) is 0 Å². The maximum Gasteiger partial charge on any atom is 0.326 e. The fourth-order valence-electron chi connectivity index (χ4n) is 5.05. The average molecular weight is 545 g/mol. The molecule has 1 atom stereocenters. The van der Waals surface area contributed by atoms with Crippen molar-refractivity contribution in [2.24, 2.45) is 0 Å². The minimum Gasteiger partial charge on any atom is -0.341 e. The Morgan fingerprint density at radius 3 is 2.62 bits per heavy atom. The summed E-state index contributed by atoms with van der Waals surface area (Å²) in [5.74, 6) is -1.16. The Bertz CT molecular complexity index is 1410. The summed E-state index contributed by atoms with van der Waals surface area (Å²) < 4.78 is 28.5. The first kappa shape index (κ1) is 21.6. The van der Waals surface area contributed by atoms with E-state index in [0.717, 1.165) is 18.4 Å². The largest absolute Gasteiger partial charge is 0.341 e. The monoisotopic (exact) mass is 543 g/mol. The molecule has 5 nitrogen and oxygen atoms in total. The summed E-state index contributed by atoms with van der Waals surface area (Å²) in [5, 5.41) is 6.07. The van der Waals surface area contributed by atoms with Crippen LogP contribution >= 0.6 is 27.5 Å². The van der Waals surface area contributed by atoms with Crippen molar-refractivity contribution in [2.75, 3.05) is 16.8 Å². The third-order valence-corrected chi connectivity index (χ3v) is 7.65. The van der Waals surface area contributed by atoms with Gasteiger partial charge in [-0.3, -0.25) is 9.69 Å². The lowest BCUT2D eigenvalue weighted by molar-refractivity contribution is 0.0960. The summed E-state index contributed by atoms with van der Waals surface area (Å²) in [4.78, 5) is 27.8. The predicted octanol–water partition coefficient (Wildman–Crippen LogP) is 6.30. The molecule has 34 heavy (non-hydrogen) atoms. The van der Waals surface area contributed by atoms with Crippen LogP contribution in [-0.2, 0) is 5.41 Å². The van der Waals surface area contributed by atoms with E-state index in [-0.39, 0.29) is 23.2 Å². The van der Waals surface area contributed by atoms with Crippen LogP contribution in [0, 0.1) is 11.6 Å². The molecule has 3 aromatic rings. The van der Waals surface area contributed by atoms with E-state index in [4.69, 9.17) is 11.6 Å². The Labute approximate surface area is 207 Å². The van der Waals surface area contributed by atoms with Crippen molar-refractivity contribution in [3.63, 3.8) is 0 Å². The van der Waals surface area contributed by atoms with E-state index in [1.807, 2.05) is 0 Å². The lowest BCUT2D eigenvalue weighted by Crippen LogP contribution is -2.35. The molecule has 1 aliphatic carbocycles. The van der Waals surface area contributed by atoms with Crippen LogP contribution < -0.4 is 15.5 Å². The maximum absolute atomic E-state index is 14.0. The van der Waals surface area contributed by atoms with Gasteiger partial charge < -0.3 is 10.6 Å². The van der Waals surface area contributed by atoms with E-state index in [9.17, 15) is 18.4 Å². The van der Waals surface area contributed by atoms with Gasteiger partial charge in [0.25, 0.3) is 5.91 Å². The molecule has 3 aliphatic rings. The minimum absolute atomic E-state index is 0.191. The molecule has 2 N–H and O–H groups in total. The zero-order valence-electron chi connectivity index (χ0n) is 17.6. The van der Waals surface area contributed by atoms with Gasteiger partial charge >= 0.3 is 6.03 Å². The molecule has 3 aromatic carbocycles. The van der Waals surface area contributed by atoms with E-state index >= 15 is 0 Å². The van der Waals surface area contributed by atoms with Crippen LogP contribution in [0.1, 0.15) is 45.9 Å². The highest BCUT2D eigenvalue weighted by Crippen LogP contribution is 2.56. The second kappa shape index (κ2) is 7.52. The SMILES string of the molecule is O=C1NC(c2cc(F)ccc2Cl)c2c(NC(=O)N3CC4(CC4)c4cc(F)ccc43)cc(Br)cc21. The Balaban J connectivity index is 1.40. The molecule has 6 rings (SSSR count). The molecule has 0 bridgehead atoms. The Morgan fingerprint density at radius 2 is 1.85 bits per heavy atom. The number of urea groups is 1. The van der Waals surface area contributed by atoms with Crippen LogP contribution in [0.2, 0.25) is 5.02 Å². The van der Waals surface area contributed by atoms with Crippen LogP contribution in [0.4, 0.5) is 25.0 Å². The molecule has 1 spiro atoms. The minimum atomic E-state index is -0.733. The van der Waals surface area contributed by atoms with Gasteiger partial charge in [-0.15, -0.1) is 0 Å². The van der Waals surface area contributed by atoms with Crippen LogP contribution in [0.3, 0.4) is 0 Å². The number of amides is 3. The third kappa shape index (κ3) is 3.31. The number of halogens is 4. The number of carbonyl (C=O) groups excluding carboxylic acids is 2. The van der Waals surface area contributed by atoms with E-state index in [1.165, 1.54) is 30.3 Å². The van der Waals surface area contributed by atoms with E-state index in [1.54, 1.807) is 23.1 Å². The lowest BCUT2D eigenvalue weighted by Gasteiger charge is -2.22. The number of hydrogen-bond donors (Lipinski definition) is 2. The van der Waals surface area contributed by atoms with Crippen molar-refractivity contribution >= 4 is 50.8 Å². The summed E-state index contributed by atoms with van der Waals surface area (Å²) in [5.41, 5.74) is 3.00. The lowest BCUT2D eigenvalue weighted by atomic mass is 9.96. The van der Waals surface area contributed by atoms with Crippen LogP contribution in [0.25, 0.3) is 0 Å². The number of hydrogen-bond acceptors (Lipinski definition) is 2. The first-order chi connectivity index (χ1) is 16.3. The molecular formula is C25H17BrClF2N3O2. The maximum atomic E-state index is 14.0. The highest BCUT2D eigenvalue weighted by molar-refractivity contribution is 9.10. The smallest absolute Gasteiger partial charge is 0.326 e. The molecule has 172 valence electrons. The topological polar surface area (TPSA) is 61.4 Å². The first-order valence-electron chi connectivity index (χ1n) is 10.7. The van der Waals surface area contributed by atoms with Crippen LogP contribution in [-0.4, -0.2) is 18.5 Å². The highest BCUT2D eigenvalue weighted by Gasteiger charge is 2.53. The van der Waals surface area contributed by atoms with Crippen molar-refractivity contribution in [3.05, 3.63) is 91.9 Å². The number of rotatable bonds is 2. The predicted molar refractivity (Wildman–Crippen MR) is 129 cm³/mol. The molecule has 1 unspecified atom stereocenters. The molecule has 1 fully saturated rings. The normalized spacial score (nSPS) is 19.1. The van der Waals surface area contributed by atoms with Gasteiger partial charge in [-0.25, -0.2) is 13.6 Å². The summed E-state index contributed by atoms with van der Waals surface area (Å²) >= 11 is 9.75. The highest BCUT2D eigenvalue weighted by atomic mass is 79.9. The second-order valence-electron chi connectivity index (χ2n) is 8.94. The molecular weight excluding hydrogens is 528 g/mol. The molecule has 0 saturated heterocycles. The number of nitrogens with zero attached hydrogens (tertiary/aromatic N) is 1. The van der Waals surface area contributed by atoms with Crippen molar-refractivity contribution in [1.29, 1.82) is 0 Å². The Kier molecular flexibility index (Phi) is 4.76. The summed E-state index contributed by atoms with van der Waals surface area (Å²) in [6.45, 7) is 0.462. The molecule has 9 heteroatoms. The zero-order chi connectivity index (χ0) is 23.8. The average Bonchev–Trinajstić information content (AvgIpc) is 3.41. The number of carbonyl (C=O) groups is 2. The van der Waals surface area contributed by atoms with Gasteiger partial charge in [0, 0.05) is 49.5 Å². The molecule has 0 radical (unpaired) electrons. The molecule has 3 amide bonds. The summed E-state index contributed by atoms with van der Waals surface area (Å²) in [7, 11) is 0. The fourth-order valence-corrected chi connectivity index (χ4v) is 5.74. The van der Waals surface area contributed by atoms with Crippen LogP contribution in [0.15, 0.2) is 53.0 Å². The Morgan fingerprint density at radius 1 is 1.12 bits per heavy atom. The quantitative estimate of drug-likeness (QED) is 0.398. The third-order valence-electron chi connectivity index (χ3n) is 6.84. The van der Waals surface area contributed by atoms with Crippen molar-refractivity contribution in [2.45, 2.75) is 24.3 Å². The number of anilines is 2. The van der Waals surface area contributed by atoms with Crippen molar-refractivity contribution in [3.8, 4) is 0 Å². The summed E-state index contributed by atoms with van der Waals surface area (Å²) in [6, 6.07) is 10.7. The molecule has 0 aromatic heterocycles. The molecule has 2 heterocycles. The van der Waals surface area contributed by atoms with Gasteiger partial charge in [0.15, 0.2) is 0 Å². The van der Waals surface area contributed by atoms with Crippen molar-refractivity contribution in [1.82, 2.24) is 5.32 Å². The Hall–Kier alpha value is -2.97. The van der Waals surface area contributed by atoms with E-state index in [0.29, 0.717) is 44.1 Å². The van der Waals surface area contributed by atoms with Gasteiger partial charge in [0.05, 0.1) is 6.04 Å². The second-order valence-corrected chi connectivity index (χ2v) is 10.3. The molecule has 2 aliphatic heterocycles. The zero-order valence-corrected chi connectivity index (χ0v) is 19.9. The fraction of sp³-hybridized carbons (Fsp3) is 0.200. The summed E-state index contributed by atoms with van der Waals surface area (Å²) in [6.07, 6.45) is 1.80. The van der Waals surface area contributed by atoms with Gasteiger partial charge in [0.2, 0.25) is 0 Å². The number of benzene rings is 3.